The van der Waals surface area contributed by atoms with Crippen LogP contribution >= 0.6 is 7.60 Å². The fourth-order valence-electron chi connectivity index (χ4n) is 0.835. The first-order valence-electron chi connectivity index (χ1n) is 3.62. The average Bonchev–Trinajstić information content (AvgIpc) is 1.95. The molecule has 0 rings (SSSR count). The number of hydrogen-bond donors (Lipinski definition) is 2. The molecule has 68 valence electrons. The molecule has 0 amide bonds. The molecule has 1 unspecified atom stereocenters. The van der Waals surface area contributed by atoms with Gasteiger partial charge in [-0.1, -0.05) is 6.08 Å². The van der Waals surface area contributed by atoms with E-state index >= 15 is 0 Å². The largest absolute Gasteiger partial charge is 0.329 e. The molecule has 0 saturated carbocycles. The van der Waals surface area contributed by atoms with Gasteiger partial charge in [-0.05, 0) is 12.8 Å². The molecule has 0 aliphatic carbocycles. The minimum Gasteiger partial charge on any atom is -0.324 e. The molecule has 2 N–H and O–H groups in total. The molecule has 0 spiro atoms. The second-order valence-corrected chi connectivity index (χ2v) is 4.43. The van der Waals surface area contributed by atoms with Gasteiger partial charge in [0.05, 0.1) is 5.66 Å². The van der Waals surface area contributed by atoms with Gasteiger partial charge in [-0.2, -0.15) is 0 Å². The van der Waals surface area contributed by atoms with Gasteiger partial charge in [0.1, 0.15) is 0 Å². The Labute approximate surface area is 72.7 Å². The van der Waals surface area contributed by atoms with Crippen LogP contribution in [0.1, 0.15) is 19.3 Å². The molecule has 0 aliphatic rings. The Kier molecular flexibility index (Phi) is 4.92. The smallest absolute Gasteiger partial charge is 0.324 e. The molecule has 0 fully saturated rings. The lowest BCUT2D eigenvalue weighted by Crippen LogP contribution is -2.06. The summed E-state index contributed by atoms with van der Waals surface area (Å²) in [6.45, 7) is 3.47. The second-order valence-electron chi connectivity index (χ2n) is 2.52. The Morgan fingerprint density at radius 1 is 1.67 bits per heavy atom. The third kappa shape index (κ3) is 4.35. The zero-order valence-electron chi connectivity index (χ0n) is 6.81. The molecule has 0 radical (unpaired) electrons. The molecule has 3 nitrogen and oxygen atoms in total. The van der Waals surface area contributed by atoms with Crippen LogP contribution in [0.5, 0.6) is 0 Å². The van der Waals surface area contributed by atoms with Crippen LogP contribution < -0.4 is 0 Å². The molecule has 0 bridgehead atoms. The quantitative estimate of drug-likeness (QED) is 0.390. The maximum absolute atomic E-state index is 10.8. The fourth-order valence-corrected chi connectivity index (χ4v) is 1.66. The van der Waals surface area contributed by atoms with Crippen LogP contribution in [0.3, 0.4) is 0 Å². The van der Waals surface area contributed by atoms with Crippen molar-refractivity contribution in [2.45, 2.75) is 24.9 Å². The standard InChI is InChI=1S/C8H13O3P/c1-3-5-7-8(6-4-2)12(9,10)11/h2-3,8H,1,5-7H2,(H2,9,10,11). The van der Waals surface area contributed by atoms with Crippen molar-refractivity contribution >= 4 is 7.60 Å². The van der Waals surface area contributed by atoms with E-state index in [9.17, 15) is 4.57 Å². The van der Waals surface area contributed by atoms with E-state index in [1.54, 1.807) is 6.08 Å². The predicted octanol–water partition coefficient (Wildman–Crippen LogP) is 1.52. The number of allylic oxidation sites excluding steroid dienone is 1. The minimum atomic E-state index is -4.01. The van der Waals surface area contributed by atoms with E-state index in [1.165, 1.54) is 0 Å². The summed E-state index contributed by atoms with van der Waals surface area (Å²) >= 11 is 0. The summed E-state index contributed by atoms with van der Waals surface area (Å²) in [5.74, 6) is 2.26. The Balaban J connectivity index is 4.15. The summed E-state index contributed by atoms with van der Waals surface area (Å²) in [5, 5.41) is 0. The minimum absolute atomic E-state index is 0.123. The normalized spacial score (nSPS) is 13.4. The van der Waals surface area contributed by atoms with E-state index < -0.39 is 13.3 Å². The van der Waals surface area contributed by atoms with Crippen molar-refractivity contribution in [1.82, 2.24) is 0 Å². The summed E-state index contributed by atoms with van der Waals surface area (Å²) in [5.41, 5.74) is -0.708. The first-order valence-corrected chi connectivity index (χ1v) is 5.30. The first-order chi connectivity index (χ1) is 5.52. The van der Waals surface area contributed by atoms with Crippen LogP contribution in [-0.4, -0.2) is 15.4 Å². The van der Waals surface area contributed by atoms with Crippen molar-refractivity contribution in [3.8, 4) is 12.3 Å². The zero-order valence-corrected chi connectivity index (χ0v) is 7.70. The molecule has 0 heterocycles. The SMILES string of the molecule is C#CCC(CCC=C)P(=O)(O)O. The molecule has 0 saturated heterocycles. The molecular weight excluding hydrogens is 175 g/mol. The van der Waals surface area contributed by atoms with Gasteiger partial charge in [0, 0.05) is 6.42 Å². The van der Waals surface area contributed by atoms with Crippen LogP contribution in [0.2, 0.25) is 0 Å². The van der Waals surface area contributed by atoms with Crippen molar-refractivity contribution in [2.75, 3.05) is 0 Å². The molecule has 0 aromatic carbocycles. The molecule has 4 heteroatoms. The Morgan fingerprint density at radius 3 is 2.58 bits per heavy atom. The van der Waals surface area contributed by atoms with Crippen LogP contribution in [0.25, 0.3) is 0 Å². The summed E-state index contributed by atoms with van der Waals surface area (Å²) in [6, 6.07) is 0. The van der Waals surface area contributed by atoms with E-state index in [1.807, 2.05) is 0 Å². The van der Waals surface area contributed by atoms with E-state index in [0.29, 0.717) is 12.8 Å². The average molecular weight is 188 g/mol. The van der Waals surface area contributed by atoms with Crippen molar-refractivity contribution in [3.05, 3.63) is 12.7 Å². The van der Waals surface area contributed by atoms with Gasteiger partial charge in [-0.25, -0.2) is 0 Å². The maximum Gasteiger partial charge on any atom is 0.329 e. The van der Waals surface area contributed by atoms with Crippen LogP contribution in [-0.2, 0) is 4.57 Å². The van der Waals surface area contributed by atoms with Gasteiger partial charge in [0.2, 0.25) is 0 Å². The summed E-state index contributed by atoms with van der Waals surface area (Å²) in [7, 11) is -4.01. The van der Waals surface area contributed by atoms with Gasteiger partial charge < -0.3 is 9.79 Å². The van der Waals surface area contributed by atoms with Gasteiger partial charge >= 0.3 is 7.60 Å². The molecule has 0 aliphatic heterocycles. The first kappa shape index (κ1) is 11.4. The van der Waals surface area contributed by atoms with Crippen LogP contribution in [0.4, 0.5) is 0 Å². The van der Waals surface area contributed by atoms with Crippen molar-refractivity contribution in [1.29, 1.82) is 0 Å². The fraction of sp³-hybridized carbons (Fsp3) is 0.500. The van der Waals surface area contributed by atoms with Crippen LogP contribution in [0.15, 0.2) is 12.7 Å². The number of rotatable bonds is 5. The second kappa shape index (κ2) is 5.16. The molecule has 0 aromatic rings. The molecule has 0 aromatic heterocycles. The van der Waals surface area contributed by atoms with Crippen molar-refractivity contribution in [3.63, 3.8) is 0 Å². The zero-order chi connectivity index (χ0) is 9.61. The van der Waals surface area contributed by atoms with Gasteiger partial charge in [0.25, 0.3) is 0 Å². The third-order valence-corrected chi connectivity index (χ3v) is 2.93. The van der Waals surface area contributed by atoms with Crippen LogP contribution in [0, 0.1) is 12.3 Å². The highest BCUT2D eigenvalue weighted by Gasteiger charge is 2.26. The highest BCUT2D eigenvalue weighted by molar-refractivity contribution is 7.52. The van der Waals surface area contributed by atoms with E-state index in [4.69, 9.17) is 16.2 Å². The predicted molar refractivity (Wildman–Crippen MR) is 48.7 cm³/mol. The summed E-state index contributed by atoms with van der Waals surface area (Å²) in [4.78, 5) is 17.6. The maximum atomic E-state index is 10.8. The van der Waals surface area contributed by atoms with Crippen molar-refractivity contribution < 1.29 is 14.4 Å². The van der Waals surface area contributed by atoms with Gasteiger partial charge in [-0.15, -0.1) is 18.9 Å². The summed E-state index contributed by atoms with van der Waals surface area (Å²) < 4.78 is 10.8. The lowest BCUT2D eigenvalue weighted by atomic mass is 10.2. The lowest BCUT2D eigenvalue weighted by molar-refractivity contribution is 0.355. The Hall–Kier alpha value is -0.550. The van der Waals surface area contributed by atoms with E-state index in [0.717, 1.165) is 0 Å². The molecule has 12 heavy (non-hydrogen) atoms. The lowest BCUT2D eigenvalue weighted by Gasteiger charge is -2.14. The van der Waals surface area contributed by atoms with Gasteiger partial charge in [0.15, 0.2) is 0 Å². The third-order valence-electron chi connectivity index (χ3n) is 1.53. The molecular formula is C8H13O3P. The highest BCUT2D eigenvalue weighted by Crippen LogP contribution is 2.44. The Morgan fingerprint density at radius 2 is 2.25 bits per heavy atom. The molecule has 1 atom stereocenters. The Bertz CT molecular complexity index is 223. The summed E-state index contributed by atoms with van der Waals surface area (Å²) in [6.07, 6.45) is 7.71. The van der Waals surface area contributed by atoms with Crippen molar-refractivity contribution in [2.24, 2.45) is 0 Å². The number of hydrogen-bond acceptors (Lipinski definition) is 1. The monoisotopic (exact) mass is 188 g/mol. The number of terminal acetylenes is 1. The van der Waals surface area contributed by atoms with E-state index in [-0.39, 0.29) is 6.42 Å². The van der Waals surface area contributed by atoms with Gasteiger partial charge in [-0.3, -0.25) is 4.57 Å². The van der Waals surface area contributed by atoms with E-state index in [2.05, 4.69) is 12.5 Å². The highest BCUT2D eigenvalue weighted by atomic mass is 31.2. The topological polar surface area (TPSA) is 57.5 Å².